The molecule has 1 spiro atoms. The van der Waals surface area contributed by atoms with E-state index in [0.29, 0.717) is 24.8 Å². The van der Waals surface area contributed by atoms with E-state index in [0.717, 1.165) is 18.4 Å². The Morgan fingerprint density at radius 3 is 2.51 bits per heavy atom. The van der Waals surface area contributed by atoms with Crippen LogP contribution >= 0.6 is 0 Å². The highest BCUT2D eigenvalue weighted by Crippen LogP contribution is 2.72. The second-order valence-corrected chi connectivity index (χ2v) is 13.4. The molecule has 224 valence electrons. The fourth-order valence-electron chi connectivity index (χ4n) is 9.44. The molecule has 4 fully saturated rings. The van der Waals surface area contributed by atoms with Gasteiger partial charge in [0.2, 0.25) is 0 Å². The number of likely N-dealkylation sites (N-methyl/N-ethyl adjacent to an activating group) is 1. The summed E-state index contributed by atoms with van der Waals surface area (Å²) in [6.07, 6.45) is 1.49. The van der Waals surface area contributed by atoms with Crippen molar-refractivity contribution in [3.63, 3.8) is 0 Å². The number of rotatable bonds is 8. The zero-order valence-corrected chi connectivity index (χ0v) is 25.0. The van der Waals surface area contributed by atoms with Gasteiger partial charge in [0, 0.05) is 31.3 Å². The van der Waals surface area contributed by atoms with Gasteiger partial charge in [-0.3, -0.25) is 14.4 Å². The van der Waals surface area contributed by atoms with Gasteiger partial charge in [-0.2, -0.15) is 0 Å². The van der Waals surface area contributed by atoms with Crippen LogP contribution in [0.5, 0.6) is 0 Å². The van der Waals surface area contributed by atoms with Crippen LogP contribution < -0.4 is 5.32 Å². The molecule has 1 aromatic rings. The first kappa shape index (κ1) is 29.9. The Bertz CT molecular complexity index is 1200. The Morgan fingerprint density at radius 2 is 1.88 bits per heavy atom. The Morgan fingerprint density at radius 1 is 1.17 bits per heavy atom. The SMILES string of the molecule is C=C1C(=O)[C@]23[C@H](OC(=O)[C@H](Cc4ccccc4)NC)[C@H]1C[C@H](O)[C@H]2[C@]1(COC(C)=O)CCCC(C)(C)[C@H]1C[C@H]3OC. The van der Waals surface area contributed by atoms with Crippen LogP contribution in [0.3, 0.4) is 0 Å². The van der Waals surface area contributed by atoms with Gasteiger partial charge >= 0.3 is 11.9 Å². The molecule has 9 atom stereocenters. The monoisotopic (exact) mass is 567 g/mol. The molecule has 2 N–H and O–H groups in total. The molecule has 0 aliphatic heterocycles. The molecule has 4 aliphatic carbocycles. The molecule has 41 heavy (non-hydrogen) atoms. The van der Waals surface area contributed by atoms with Crippen LogP contribution in [0.2, 0.25) is 0 Å². The number of fused-ring (bicyclic) bond motifs is 3. The van der Waals surface area contributed by atoms with Crippen molar-refractivity contribution in [2.45, 2.75) is 83.6 Å². The quantitative estimate of drug-likeness (QED) is 0.362. The third-order valence-electron chi connectivity index (χ3n) is 11.1. The summed E-state index contributed by atoms with van der Waals surface area (Å²) >= 11 is 0. The second-order valence-electron chi connectivity index (χ2n) is 13.4. The molecular weight excluding hydrogens is 522 g/mol. The second kappa shape index (κ2) is 10.9. The van der Waals surface area contributed by atoms with Gasteiger partial charge in [0.05, 0.1) is 18.8 Å². The molecule has 8 heteroatoms. The highest BCUT2D eigenvalue weighted by atomic mass is 16.6. The summed E-state index contributed by atoms with van der Waals surface area (Å²) in [5, 5.41) is 15.0. The Balaban J connectivity index is 1.60. The Hall–Kier alpha value is -2.55. The number of ether oxygens (including phenoxy) is 3. The molecule has 5 rings (SSSR count). The lowest BCUT2D eigenvalue weighted by Gasteiger charge is -2.67. The molecule has 0 heterocycles. The first-order valence-electron chi connectivity index (χ1n) is 14.9. The Kier molecular flexibility index (Phi) is 7.98. The largest absolute Gasteiger partial charge is 0.465 e. The predicted molar refractivity (Wildman–Crippen MR) is 153 cm³/mol. The molecule has 1 aromatic carbocycles. The summed E-state index contributed by atoms with van der Waals surface area (Å²) in [4.78, 5) is 40.5. The van der Waals surface area contributed by atoms with E-state index in [1.165, 1.54) is 6.92 Å². The smallest absolute Gasteiger partial charge is 0.323 e. The molecule has 2 bridgehead atoms. The number of esters is 2. The maximum atomic E-state index is 14.5. The van der Waals surface area contributed by atoms with Gasteiger partial charge < -0.3 is 24.6 Å². The summed E-state index contributed by atoms with van der Waals surface area (Å²) in [5.74, 6) is -2.14. The van der Waals surface area contributed by atoms with Crippen molar-refractivity contribution < 1.29 is 33.7 Å². The number of hydrogen-bond donors (Lipinski definition) is 2. The minimum absolute atomic E-state index is 0.0241. The molecule has 8 nitrogen and oxygen atoms in total. The van der Waals surface area contributed by atoms with Crippen molar-refractivity contribution in [1.82, 2.24) is 5.32 Å². The average Bonchev–Trinajstić information content (AvgIpc) is 3.06. The van der Waals surface area contributed by atoms with E-state index in [9.17, 15) is 19.5 Å². The standard InChI is InChI=1S/C33H45NO7/c1-19-22-16-24(36)27-32(18-40-20(2)35)14-10-13-31(3,4)25(32)17-26(39-6)33(27,28(19)37)29(22)41-30(38)23(34-5)15-21-11-8-7-9-12-21/h7-9,11-12,22-27,29,34,36H,1,10,13-18H2,2-6H3/t22-,23-,24-,25+,26+,27-,29+,32-,33+/m0/s1. The van der Waals surface area contributed by atoms with Gasteiger partial charge in [-0.15, -0.1) is 0 Å². The molecule has 0 saturated heterocycles. The lowest BCUT2D eigenvalue weighted by atomic mass is 9.39. The number of ketones is 1. The predicted octanol–water partition coefficient (Wildman–Crippen LogP) is 3.65. The number of aliphatic hydroxyl groups excluding tert-OH is 1. The first-order chi connectivity index (χ1) is 19.4. The maximum absolute atomic E-state index is 14.5. The fourth-order valence-corrected chi connectivity index (χ4v) is 9.44. The highest BCUT2D eigenvalue weighted by molar-refractivity contribution is 6.05. The molecule has 0 unspecified atom stereocenters. The van der Waals surface area contributed by atoms with Crippen LogP contribution in [0.1, 0.15) is 58.4 Å². The van der Waals surface area contributed by atoms with Crippen LogP contribution in [0.25, 0.3) is 0 Å². The average molecular weight is 568 g/mol. The number of aliphatic hydroxyl groups is 1. The van der Waals surface area contributed by atoms with Gasteiger partial charge in [-0.1, -0.05) is 57.2 Å². The number of Topliss-reactive ketones (excluding diaryl/α,β-unsaturated/α-hetero) is 1. The van der Waals surface area contributed by atoms with E-state index in [-0.39, 0.29) is 30.1 Å². The number of benzene rings is 1. The van der Waals surface area contributed by atoms with Crippen molar-refractivity contribution in [2.75, 3.05) is 20.8 Å². The van der Waals surface area contributed by atoms with Crippen LogP contribution in [-0.2, 0) is 35.0 Å². The summed E-state index contributed by atoms with van der Waals surface area (Å²) in [6, 6.07) is 9.09. The van der Waals surface area contributed by atoms with E-state index in [1.807, 2.05) is 30.3 Å². The van der Waals surface area contributed by atoms with Gasteiger partial charge in [0.15, 0.2) is 5.78 Å². The van der Waals surface area contributed by atoms with Gasteiger partial charge in [-0.25, -0.2) is 0 Å². The van der Waals surface area contributed by atoms with E-state index < -0.39 is 59.0 Å². The summed E-state index contributed by atoms with van der Waals surface area (Å²) < 4.78 is 18.3. The summed E-state index contributed by atoms with van der Waals surface area (Å²) in [6.45, 7) is 10.1. The lowest BCUT2D eigenvalue weighted by Crippen LogP contribution is -2.72. The molecule has 0 amide bonds. The number of methoxy groups -OCH3 is 1. The minimum atomic E-state index is -1.32. The van der Waals surface area contributed by atoms with E-state index in [2.05, 4.69) is 25.7 Å². The minimum Gasteiger partial charge on any atom is -0.465 e. The molecular formula is C33H45NO7. The zero-order valence-electron chi connectivity index (χ0n) is 25.0. The van der Waals surface area contributed by atoms with Crippen molar-refractivity contribution in [2.24, 2.45) is 34.0 Å². The number of hydrogen-bond acceptors (Lipinski definition) is 8. The first-order valence-corrected chi connectivity index (χ1v) is 14.9. The normalized spacial score (nSPS) is 38.0. The fraction of sp³-hybridized carbons (Fsp3) is 0.667. The van der Waals surface area contributed by atoms with E-state index >= 15 is 0 Å². The third-order valence-corrected chi connectivity index (χ3v) is 11.1. The van der Waals surface area contributed by atoms with Crippen LogP contribution in [0.15, 0.2) is 42.5 Å². The van der Waals surface area contributed by atoms with Crippen LogP contribution in [0, 0.1) is 34.0 Å². The number of carbonyl (C=O) groups is 3. The van der Waals surface area contributed by atoms with E-state index in [1.54, 1.807) is 14.2 Å². The van der Waals surface area contributed by atoms with Crippen LogP contribution in [-0.4, -0.2) is 67.9 Å². The van der Waals surface area contributed by atoms with Crippen molar-refractivity contribution in [3.05, 3.63) is 48.0 Å². The molecule has 4 saturated carbocycles. The molecule has 0 radical (unpaired) electrons. The number of nitrogens with one attached hydrogen (secondary N) is 1. The van der Waals surface area contributed by atoms with E-state index in [4.69, 9.17) is 14.2 Å². The highest BCUT2D eigenvalue weighted by Gasteiger charge is 2.78. The van der Waals surface area contributed by atoms with Gasteiger partial charge in [-0.05, 0) is 61.6 Å². The molecule has 4 aliphatic rings. The summed E-state index contributed by atoms with van der Waals surface area (Å²) in [5.41, 5.74) is -0.761. The maximum Gasteiger partial charge on any atom is 0.323 e. The van der Waals surface area contributed by atoms with Gasteiger partial charge in [0.1, 0.15) is 17.6 Å². The Labute approximate surface area is 243 Å². The molecule has 0 aromatic heterocycles. The number of carbonyl (C=O) groups excluding carboxylic acids is 3. The van der Waals surface area contributed by atoms with Crippen molar-refractivity contribution in [3.8, 4) is 0 Å². The summed E-state index contributed by atoms with van der Waals surface area (Å²) in [7, 11) is 3.32. The third kappa shape index (κ3) is 4.57. The topological polar surface area (TPSA) is 111 Å². The van der Waals surface area contributed by atoms with Crippen molar-refractivity contribution in [1.29, 1.82) is 0 Å². The van der Waals surface area contributed by atoms with Gasteiger partial charge in [0.25, 0.3) is 0 Å². The zero-order chi connectivity index (χ0) is 29.7. The van der Waals surface area contributed by atoms with Crippen LogP contribution in [0.4, 0.5) is 0 Å². The lowest BCUT2D eigenvalue weighted by molar-refractivity contribution is -0.272. The van der Waals surface area contributed by atoms with Crippen molar-refractivity contribution >= 4 is 17.7 Å².